The Balaban J connectivity index is 1.39. The molecule has 1 fully saturated rings. The molecule has 0 spiro atoms. The molecule has 3 aromatic rings. The number of rotatable bonds is 6. The largest absolute Gasteiger partial charge is 0.441 e. The number of morpholine rings is 1. The van der Waals surface area contributed by atoms with Gasteiger partial charge in [-0.15, -0.1) is 0 Å². The van der Waals surface area contributed by atoms with Crippen molar-refractivity contribution in [3.8, 4) is 11.5 Å². The van der Waals surface area contributed by atoms with E-state index in [1.807, 2.05) is 61.5 Å². The Morgan fingerprint density at radius 1 is 1.07 bits per heavy atom. The average molecular weight is 391 g/mol. The molecule has 0 unspecified atom stereocenters. The van der Waals surface area contributed by atoms with Crippen molar-refractivity contribution in [2.45, 2.75) is 19.8 Å². The van der Waals surface area contributed by atoms with E-state index in [9.17, 15) is 4.79 Å². The Bertz CT molecular complexity index is 963. The number of carbonyl (C=O) groups is 1. The topological polar surface area (TPSA) is 67.6 Å². The standard InChI is InChI=1S/C23H25N3O3/c1-17-19(25-23(29-17)18-7-3-2-4-8-18)11-12-22(27)24-20-9-5-6-10-21(20)26-13-15-28-16-14-26/h2-10H,11-16H2,1H3,(H,24,27). The van der Waals surface area contributed by atoms with E-state index in [-0.39, 0.29) is 5.91 Å². The molecular weight excluding hydrogens is 366 g/mol. The van der Waals surface area contributed by atoms with E-state index in [1.54, 1.807) is 0 Å². The first-order valence-corrected chi connectivity index (χ1v) is 9.94. The lowest BCUT2D eigenvalue weighted by Gasteiger charge is -2.30. The van der Waals surface area contributed by atoms with Crippen molar-refractivity contribution in [3.63, 3.8) is 0 Å². The summed E-state index contributed by atoms with van der Waals surface area (Å²) in [6.07, 6.45) is 0.882. The molecule has 0 saturated carbocycles. The number of aryl methyl sites for hydroxylation is 2. The van der Waals surface area contributed by atoms with Gasteiger partial charge in [-0.1, -0.05) is 30.3 Å². The van der Waals surface area contributed by atoms with Crippen LogP contribution in [0.15, 0.2) is 59.0 Å². The molecule has 1 N–H and O–H groups in total. The monoisotopic (exact) mass is 391 g/mol. The highest BCUT2D eigenvalue weighted by Crippen LogP contribution is 2.27. The summed E-state index contributed by atoms with van der Waals surface area (Å²) in [5.74, 6) is 1.32. The van der Waals surface area contributed by atoms with Crippen LogP contribution in [0.1, 0.15) is 17.9 Å². The number of benzene rings is 2. The summed E-state index contributed by atoms with van der Waals surface area (Å²) < 4.78 is 11.2. The zero-order valence-corrected chi connectivity index (χ0v) is 16.6. The van der Waals surface area contributed by atoms with Gasteiger partial charge in [0.15, 0.2) is 0 Å². The third-order valence-corrected chi connectivity index (χ3v) is 5.03. The van der Waals surface area contributed by atoms with Gasteiger partial charge in [0.1, 0.15) is 5.76 Å². The number of amides is 1. The third kappa shape index (κ3) is 4.66. The van der Waals surface area contributed by atoms with Gasteiger partial charge in [0.25, 0.3) is 0 Å². The van der Waals surface area contributed by atoms with Crippen molar-refractivity contribution in [1.82, 2.24) is 4.98 Å². The van der Waals surface area contributed by atoms with Crippen molar-refractivity contribution >= 4 is 17.3 Å². The normalized spacial score (nSPS) is 14.0. The van der Waals surface area contributed by atoms with Crippen LogP contribution in [0, 0.1) is 6.92 Å². The Labute approximate surface area is 170 Å². The summed E-state index contributed by atoms with van der Waals surface area (Å²) in [4.78, 5) is 19.4. The maximum absolute atomic E-state index is 12.6. The van der Waals surface area contributed by atoms with Crippen LogP contribution in [0.4, 0.5) is 11.4 Å². The number of nitrogens with one attached hydrogen (secondary N) is 1. The fourth-order valence-electron chi connectivity index (χ4n) is 3.47. The number of aromatic nitrogens is 1. The lowest BCUT2D eigenvalue weighted by Crippen LogP contribution is -2.36. The molecule has 1 saturated heterocycles. The summed E-state index contributed by atoms with van der Waals surface area (Å²) in [7, 11) is 0. The first-order valence-electron chi connectivity index (χ1n) is 9.94. The SMILES string of the molecule is Cc1oc(-c2ccccc2)nc1CCC(=O)Nc1ccccc1N1CCOCC1. The Morgan fingerprint density at radius 2 is 1.79 bits per heavy atom. The molecule has 0 radical (unpaired) electrons. The predicted octanol–water partition coefficient (Wildman–Crippen LogP) is 4.06. The van der Waals surface area contributed by atoms with Gasteiger partial charge in [0.05, 0.1) is 30.3 Å². The number of anilines is 2. The van der Waals surface area contributed by atoms with E-state index < -0.39 is 0 Å². The highest BCUT2D eigenvalue weighted by atomic mass is 16.5. The number of oxazole rings is 1. The lowest BCUT2D eigenvalue weighted by molar-refractivity contribution is -0.116. The van der Waals surface area contributed by atoms with E-state index >= 15 is 0 Å². The molecule has 6 heteroatoms. The quantitative estimate of drug-likeness (QED) is 0.686. The number of ether oxygens (including phenoxy) is 1. The molecule has 2 heterocycles. The van der Waals surface area contributed by atoms with Crippen molar-refractivity contribution in [3.05, 3.63) is 66.1 Å². The molecular formula is C23H25N3O3. The minimum Gasteiger partial charge on any atom is -0.441 e. The molecule has 6 nitrogen and oxygen atoms in total. The fourth-order valence-corrected chi connectivity index (χ4v) is 3.47. The summed E-state index contributed by atoms with van der Waals surface area (Å²) in [5, 5.41) is 3.06. The fraction of sp³-hybridized carbons (Fsp3) is 0.304. The Kier molecular flexibility index (Phi) is 5.91. The van der Waals surface area contributed by atoms with Gasteiger partial charge in [0.2, 0.25) is 11.8 Å². The summed E-state index contributed by atoms with van der Waals surface area (Å²) in [6, 6.07) is 17.7. The van der Waals surface area contributed by atoms with Gasteiger partial charge in [0, 0.05) is 31.5 Å². The summed E-state index contributed by atoms with van der Waals surface area (Å²) in [5.41, 5.74) is 3.63. The number of hydrogen-bond acceptors (Lipinski definition) is 5. The Hall–Kier alpha value is -3.12. The van der Waals surface area contributed by atoms with E-state index in [1.165, 1.54) is 0 Å². The van der Waals surface area contributed by atoms with Gasteiger partial charge >= 0.3 is 0 Å². The van der Waals surface area contributed by atoms with Crippen LogP contribution in [0.2, 0.25) is 0 Å². The van der Waals surface area contributed by atoms with Gasteiger partial charge in [-0.3, -0.25) is 4.79 Å². The molecule has 150 valence electrons. The number of carbonyl (C=O) groups excluding carboxylic acids is 1. The van der Waals surface area contributed by atoms with E-state index in [0.29, 0.717) is 31.9 Å². The van der Waals surface area contributed by atoms with E-state index in [0.717, 1.165) is 41.5 Å². The smallest absolute Gasteiger partial charge is 0.226 e. The van der Waals surface area contributed by atoms with Gasteiger partial charge in [-0.25, -0.2) is 4.98 Å². The second kappa shape index (κ2) is 8.92. The first-order chi connectivity index (χ1) is 14.2. The third-order valence-electron chi connectivity index (χ3n) is 5.03. The van der Waals surface area contributed by atoms with Gasteiger partial charge in [-0.2, -0.15) is 0 Å². The van der Waals surface area contributed by atoms with Crippen molar-refractivity contribution < 1.29 is 13.9 Å². The van der Waals surface area contributed by atoms with Crippen LogP contribution in [-0.2, 0) is 16.0 Å². The average Bonchev–Trinajstić information content (AvgIpc) is 3.14. The second-order valence-corrected chi connectivity index (χ2v) is 7.05. The van der Waals surface area contributed by atoms with E-state index in [2.05, 4.69) is 15.2 Å². The van der Waals surface area contributed by atoms with Crippen LogP contribution in [-0.4, -0.2) is 37.2 Å². The Morgan fingerprint density at radius 3 is 2.59 bits per heavy atom. The summed E-state index contributed by atoms with van der Waals surface area (Å²) >= 11 is 0. The number of hydrogen-bond donors (Lipinski definition) is 1. The predicted molar refractivity (Wildman–Crippen MR) is 113 cm³/mol. The molecule has 4 rings (SSSR count). The molecule has 1 aliphatic rings. The van der Waals surface area contributed by atoms with Crippen LogP contribution in [0.3, 0.4) is 0 Å². The molecule has 0 bridgehead atoms. The maximum atomic E-state index is 12.6. The highest BCUT2D eigenvalue weighted by molar-refractivity contribution is 5.94. The van der Waals surface area contributed by atoms with Crippen LogP contribution in [0.5, 0.6) is 0 Å². The zero-order chi connectivity index (χ0) is 20.1. The molecule has 2 aromatic carbocycles. The zero-order valence-electron chi connectivity index (χ0n) is 16.6. The van der Waals surface area contributed by atoms with E-state index in [4.69, 9.17) is 9.15 Å². The minimum absolute atomic E-state index is 0.0330. The molecule has 29 heavy (non-hydrogen) atoms. The van der Waals surface area contributed by atoms with Gasteiger partial charge < -0.3 is 19.4 Å². The molecule has 1 amide bonds. The molecule has 1 aliphatic heterocycles. The van der Waals surface area contributed by atoms with Crippen LogP contribution < -0.4 is 10.2 Å². The van der Waals surface area contributed by atoms with Crippen molar-refractivity contribution in [1.29, 1.82) is 0 Å². The van der Waals surface area contributed by atoms with Crippen molar-refractivity contribution in [2.75, 3.05) is 36.5 Å². The second-order valence-electron chi connectivity index (χ2n) is 7.05. The summed E-state index contributed by atoms with van der Waals surface area (Å²) in [6.45, 7) is 4.95. The highest BCUT2D eigenvalue weighted by Gasteiger charge is 2.17. The van der Waals surface area contributed by atoms with Crippen LogP contribution in [0.25, 0.3) is 11.5 Å². The lowest BCUT2D eigenvalue weighted by atomic mass is 10.2. The minimum atomic E-state index is -0.0330. The first kappa shape index (κ1) is 19.2. The van der Waals surface area contributed by atoms with Crippen molar-refractivity contribution in [2.24, 2.45) is 0 Å². The van der Waals surface area contributed by atoms with Crippen LogP contribution >= 0.6 is 0 Å². The maximum Gasteiger partial charge on any atom is 0.226 e. The number of para-hydroxylation sites is 2. The van der Waals surface area contributed by atoms with Gasteiger partial charge in [-0.05, 0) is 31.2 Å². The molecule has 1 aromatic heterocycles. The molecule has 0 aliphatic carbocycles. The molecule has 0 atom stereocenters. The number of nitrogens with zero attached hydrogens (tertiary/aromatic N) is 2.